The minimum absolute atomic E-state index is 0.0296. The molecule has 0 unspecified atom stereocenters. The third-order valence-corrected chi connectivity index (χ3v) is 2.95. The molecule has 0 aliphatic carbocycles. The second-order valence-corrected chi connectivity index (χ2v) is 4.69. The molecule has 0 saturated heterocycles. The van der Waals surface area contributed by atoms with Crippen molar-refractivity contribution in [3.05, 3.63) is 54.6 Å². The Hall–Kier alpha value is -2.33. The van der Waals surface area contributed by atoms with Gasteiger partial charge in [0.25, 0.3) is 0 Å². The van der Waals surface area contributed by atoms with Gasteiger partial charge in [-0.2, -0.15) is 0 Å². The fourth-order valence-electron chi connectivity index (χ4n) is 1.88. The summed E-state index contributed by atoms with van der Waals surface area (Å²) in [6.45, 7) is 0.845. The maximum atomic E-state index is 11.7. The van der Waals surface area contributed by atoms with Crippen molar-refractivity contribution in [1.29, 1.82) is 0 Å². The molecular weight excluding hydrogens is 264 g/mol. The molecule has 2 rings (SSSR count). The average Bonchev–Trinajstić information content (AvgIpc) is 2.51. The summed E-state index contributed by atoms with van der Waals surface area (Å²) in [6, 6.07) is 17.0. The van der Waals surface area contributed by atoms with Gasteiger partial charge in [-0.05, 0) is 56.4 Å². The Bertz CT molecular complexity index is 553. The van der Waals surface area contributed by atoms with E-state index >= 15 is 0 Å². The molecule has 2 N–H and O–H groups in total. The van der Waals surface area contributed by atoms with E-state index in [4.69, 9.17) is 4.74 Å². The summed E-state index contributed by atoms with van der Waals surface area (Å²) in [5, 5.41) is 5.89. The maximum absolute atomic E-state index is 11.7. The smallest absolute Gasteiger partial charge is 0.224 e. The first-order chi connectivity index (χ1) is 10.3. The average molecular weight is 284 g/mol. The predicted octanol–water partition coefficient (Wildman–Crippen LogP) is 3.42. The zero-order chi connectivity index (χ0) is 14.9. The van der Waals surface area contributed by atoms with Gasteiger partial charge in [-0.1, -0.05) is 18.2 Å². The van der Waals surface area contributed by atoms with Gasteiger partial charge >= 0.3 is 0 Å². The molecule has 4 nitrogen and oxygen atoms in total. The fraction of sp³-hybridized carbons (Fsp3) is 0.235. The molecule has 0 fully saturated rings. The van der Waals surface area contributed by atoms with E-state index in [0.29, 0.717) is 6.42 Å². The van der Waals surface area contributed by atoms with Crippen molar-refractivity contribution in [2.45, 2.75) is 12.8 Å². The second-order valence-electron chi connectivity index (χ2n) is 4.69. The number of ether oxygens (including phenoxy) is 1. The van der Waals surface area contributed by atoms with E-state index in [2.05, 4.69) is 10.6 Å². The van der Waals surface area contributed by atoms with Crippen LogP contribution in [-0.4, -0.2) is 19.5 Å². The monoisotopic (exact) mass is 284 g/mol. The Kier molecular flexibility index (Phi) is 5.79. The third-order valence-electron chi connectivity index (χ3n) is 2.95. The number of hydrogen-bond acceptors (Lipinski definition) is 3. The quantitative estimate of drug-likeness (QED) is 0.766. The van der Waals surface area contributed by atoms with E-state index in [0.717, 1.165) is 30.2 Å². The number of hydrogen-bond donors (Lipinski definition) is 2. The molecule has 0 aromatic heterocycles. The van der Waals surface area contributed by atoms with Gasteiger partial charge in [0.15, 0.2) is 0 Å². The number of carbonyl (C=O) groups excluding carboxylic acids is 1. The lowest BCUT2D eigenvalue weighted by Gasteiger charge is -2.08. The summed E-state index contributed by atoms with van der Waals surface area (Å²) in [6.07, 6.45) is 1.35. The molecule has 0 aliphatic rings. The highest BCUT2D eigenvalue weighted by Crippen LogP contribution is 2.22. The van der Waals surface area contributed by atoms with Crippen LogP contribution >= 0.6 is 0 Å². The van der Waals surface area contributed by atoms with Crippen molar-refractivity contribution >= 4 is 11.6 Å². The van der Waals surface area contributed by atoms with Crippen LogP contribution in [-0.2, 0) is 4.79 Å². The largest absolute Gasteiger partial charge is 0.457 e. The number of carbonyl (C=O) groups is 1. The topological polar surface area (TPSA) is 50.4 Å². The van der Waals surface area contributed by atoms with Gasteiger partial charge in [-0.15, -0.1) is 0 Å². The van der Waals surface area contributed by atoms with E-state index < -0.39 is 0 Å². The van der Waals surface area contributed by atoms with Crippen LogP contribution in [0.1, 0.15) is 12.8 Å². The summed E-state index contributed by atoms with van der Waals surface area (Å²) < 4.78 is 5.70. The molecular formula is C17H20N2O2. The molecule has 2 aromatic carbocycles. The molecule has 2 aromatic rings. The minimum Gasteiger partial charge on any atom is -0.457 e. The van der Waals surface area contributed by atoms with Crippen LogP contribution in [0, 0.1) is 0 Å². The van der Waals surface area contributed by atoms with Gasteiger partial charge in [0.05, 0.1) is 0 Å². The Morgan fingerprint density at radius 3 is 2.33 bits per heavy atom. The number of anilines is 1. The standard InChI is InChI=1S/C17H20N2O2/c1-18-13-5-8-17(20)19-14-9-11-16(12-10-14)21-15-6-3-2-4-7-15/h2-4,6-7,9-12,18H,5,8,13H2,1H3,(H,19,20). The molecule has 110 valence electrons. The van der Waals surface area contributed by atoms with Crippen molar-refractivity contribution in [1.82, 2.24) is 5.32 Å². The Balaban J connectivity index is 1.85. The SMILES string of the molecule is CNCCCC(=O)Nc1ccc(Oc2ccccc2)cc1. The molecule has 0 spiro atoms. The number of rotatable bonds is 7. The molecule has 21 heavy (non-hydrogen) atoms. The summed E-state index contributed by atoms with van der Waals surface area (Å²) in [5.74, 6) is 1.57. The van der Waals surface area contributed by atoms with Crippen molar-refractivity contribution in [2.24, 2.45) is 0 Å². The van der Waals surface area contributed by atoms with E-state index in [1.807, 2.05) is 61.6 Å². The van der Waals surface area contributed by atoms with Crippen molar-refractivity contribution < 1.29 is 9.53 Å². The van der Waals surface area contributed by atoms with E-state index in [9.17, 15) is 4.79 Å². The van der Waals surface area contributed by atoms with Crippen LogP contribution in [0.2, 0.25) is 0 Å². The lowest BCUT2D eigenvalue weighted by Crippen LogP contribution is -2.15. The summed E-state index contributed by atoms with van der Waals surface area (Å²) in [4.78, 5) is 11.7. The van der Waals surface area contributed by atoms with E-state index in [1.165, 1.54) is 0 Å². The first-order valence-corrected chi connectivity index (χ1v) is 7.05. The second kappa shape index (κ2) is 8.07. The maximum Gasteiger partial charge on any atom is 0.224 e. The normalized spacial score (nSPS) is 10.1. The Labute approximate surface area is 125 Å². The van der Waals surface area contributed by atoms with Crippen LogP contribution in [0.25, 0.3) is 0 Å². The number of amides is 1. The number of para-hydroxylation sites is 1. The zero-order valence-corrected chi connectivity index (χ0v) is 12.1. The van der Waals surface area contributed by atoms with Gasteiger partial charge < -0.3 is 15.4 Å². The fourth-order valence-corrected chi connectivity index (χ4v) is 1.88. The molecule has 0 saturated carbocycles. The van der Waals surface area contributed by atoms with Crippen LogP contribution < -0.4 is 15.4 Å². The molecule has 0 bridgehead atoms. The molecule has 0 atom stereocenters. The van der Waals surface area contributed by atoms with E-state index in [1.54, 1.807) is 0 Å². The van der Waals surface area contributed by atoms with Crippen molar-refractivity contribution in [3.8, 4) is 11.5 Å². The first kappa shape index (κ1) is 15.1. The number of nitrogens with one attached hydrogen (secondary N) is 2. The first-order valence-electron chi connectivity index (χ1n) is 7.05. The minimum atomic E-state index is 0.0296. The molecule has 0 radical (unpaired) electrons. The van der Waals surface area contributed by atoms with Gasteiger partial charge in [-0.3, -0.25) is 4.79 Å². The van der Waals surface area contributed by atoms with Crippen LogP contribution in [0.5, 0.6) is 11.5 Å². The highest BCUT2D eigenvalue weighted by atomic mass is 16.5. The summed E-state index contributed by atoms with van der Waals surface area (Å²) >= 11 is 0. The predicted molar refractivity (Wildman–Crippen MR) is 84.7 cm³/mol. The summed E-state index contributed by atoms with van der Waals surface area (Å²) in [7, 11) is 1.88. The van der Waals surface area contributed by atoms with Gasteiger partial charge in [0.2, 0.25) is 5.91 Å². The van der Waals surface area contributed by atoms with Crippen LogP contribution in [0.3, 0.4) is 0 Å². The van der Waals surface area contributed by atoms with Crippen LogP contribution in [0.4, 0.5) is 5.69 Å². The molecule has 0 aliphatic heterocycles. The molecule has 0 heterocycles. The molecule has 4 heteroatoms. The zero-order valence-electron chi connectivity index (χ0n) is 12.1. The van der Waals surface area contributed by atoms with Gasteiger partial charge in [0, 0.05) is 12.1 Å². The third kappa shape index (κ3) is 5.28. The van der Waals surface area contributed by atoms with E-state index in [-0.39, 0.29) is 5.91 Å². The lowest BCUT2D eigenvalue weighted by atomic mass is 10.2. The Morgan fingerprint density at radius 2 is 1.67 bits per heavy atom. The molecule has 1 amide bonds. The summed E-state index contributed by atoms with van der Waals surface area (Å²) in [5.41, 5.74) is 0.782. The Morgan fingerprint density at radius 1 is 1.00 bits per heavy atom. The van der Waals surface area contributed by atoms with Crippen LogP contribution in [0.15, 0.2) is 54.6 Å². The highest BCUT2D eigenvalue weighted by Gasteiger charge is 2.02. The number of benzene rings is 2. The van der Waals surface area contributed by atoms with Crippen molar-refractivity contribution in [2.75, 3.05) is 18.9 Å². The van der Waals surface area contributed by atoms with Gasteiger partial charge in [0.1, 0.15) is 11.5 Å². The highest BCUT2D eigenvalue weighted by molar-refractivity contribution is 5.90. The van der Waals surface area contributed by atoms with Gasteiger partial charge in [-0.25, -0.2) is 0 Å². The lowest BCUT2D eigenvalue weighted by molar-refractivity contribution is -0.116. The van der Waals surface area contributed by atoms with Crippen molar-refractivity contribution in [3.63, 3.8) is 0 Å².